The zero-order valence-corrected chi connectivity index (χ0v) is 8.21. The third kappa shape index (κ3) is 6.17. The fourth-order valence-corrected chi connectivity index (χ4v) is 1.04. The van der Waals surface area contributed by atoms with Crippen molar-refractivity contribution in [3.63, 3.8) is 0 Å². The van der Waals surface area contributed by atoms with Crippen LogP contribution in [-0.4, -0.2) is 11.7 Å². The molecular weight excluding hydrogens is 148 g/mol. The van der Waals surface area contributed by atoms with Gasteiger partial charge in [-0.1, -0.05) is 31.2 Å². The molecule has 1 atom stereocenters. The molecule has 0 fully saturated rings. The van der Waals surface area contributed by atoms with Gasteiger partial charge in [0.15, 0.2) is 0 Å². The standard InChI is InChI=1S/C11H20O/c1-4-10(2)6-5-7-11(3)8-9-12/h4,6,11-12H,1,5,7-9H2,2-3H3/b10-6+. The van der Waals surface area contributed by atoms with Gasteiger partial charge in [0.2, 0.25) is 0 Å². The van der Waals surface area contributed by atoms with Crippen LogP contribution < -0.4 is 0 Å². The van der Waals surface area contributed by atoms with E-state index in [2.05, 4.69) is 26.5 Å². The summed E-state index contributed by atoms with van der Waals surface area (Å²) in [5.41, 5.74) is 1.24. The van der Waals surface area contributed by atoms with Crippen LogP contribution >= 0.6 is 0 Å². The Hall–Kier alpha value is -0.560. The molecule has 1 N–H and O–H groups in total. The zero-order chi connectivity index (χ0) is 9.40. The van der Waals surface area contributed by atoms with Crippen molar-refractivity contribution in [2.24, 2.45) is 5.92 Å². The highest BCUT2D eigenvalue weighted by molar-refractivity contribution is 5.12. The lowest BCUT2D eigenvalue weighted by molar-refractivity contribution is 0.259. The fourth-order valence-electron chi connectivity index (χ4n) is 1.04. The Bertz CT molecular complexity index is 147. The maximum Gasteiger partial charge on any atom is 0.0433 e. The van der Waals surface area contributed by atoms with Crippen molar-refractivity contribution < 1.29 is 5.11 Å². The van der Waals surface area contributed by atoms with Crippen LogP contribution in [-0.2, 0) is 0 Å². The Morgan fingerprint density at radius 3 is 2.67 bits per heavy atom. The van der Waals surface area contributed by atoms with E-state index >= 15 is 0 Å². The summed E-state index contributed by atoms with van der Waals surface area (Å²) in [6.45, 7) is 8.23. The van der Waals surface area contributed by atoms with E-state index in [0.29, 0.717) is 12.5 Å². The lowest BCUT2D eigenvalue weighted by Gasteiger charge is -2.06. The number of hydrogen-bond donors (Lipinski definition) is 1. The molecule has 0 amide bonds. The maximum atomic E-state index is 8.66. The zero-order valence-electron chi connectivity index (χ0n) is 8.21. The minimum atomic E-state index is 0.311. The summed E-state index contributed by atoms with van der Waals surface area (Å²) >= 11 is 0. The quantitative estimate of drug-likeness (QED) is 0.605. The number of hydrogen-bond acceptors (Lipinski definition) is 1. The van der Waals surface area contributed by atoms with Crippen LogP contribution in [0.1, 0.15) is 33.1 Å². The van der Waals surface area contributed by atoms with Crippen LogP contribution in [0, 0.1) is 5.92 Å². The molecule has 0 aliphatic carbocycles. The summed E-state index contributed by atoms with van der Waals surface area (Å²) in [4.78, 5) is 0. The Morgan fingerprint density at radius 1 is 1.50 bits per heavy atom. The molecule has 1 heteroatoms. The smallest absolute Gasteiger partial charge is 0.0433 e. The second-order valence-corrected chi connectivity index (χ2v) is 3.35. The molecule has 1 unspecified atom stereocenters. The van der Waals surface area contributed by atoms with Gasteiger partial charge in [0.1, 0.15) is 0 Å². The summed E-state index contributed by atoms with van der Waals surface area (Å²) in [7, 11) is 0. The van der Waals surface area contributed by atoms with E-state index in [-0.39, 0.29) is 0 Å². The highest BCUT2D eigenvalue weighted by Gasteiger charge is 1.98. The predicted octanol–water partition coefficient (Wildman–Crippen LogP) is 2.92. The topological polar surface area (TPSA) is 20.2 Å². The first-order chi connectivity index (χ1) is 5.70. The second kappa shape index (κ2) is 7.11. The third-order valence-electron chi connectivity index (χ3n) is 2.07. The molecule has 0 bridgehead atoms. The molecule has 0 saturated heterocycles. The molecule has 0 aliphatic rings. The molecule has 70 valence electrons. The Labute approximate surface area is 75.8 Å². The molecule has 0 rings (SSSR count). The van der Waals surface area contributed by atoms with Crippen LogP contribution in [0.3, 0.4) is 0 Å². The monoisotopic (exact) mass is 168 g/mol. The van der Waals surface area contributed by atoms with Gasteiger partial charge in [-0.3, -0.25) is 0 Å². The first-order valence-electron chi connectivity index (χ1n) is 4.60. The van der Waals surface area contributed by atoms with Crippen LogP contribution in [0.5, 0.6) is 0 Å². The molecule has 0 heterocycles. The largest absolute Gasteiger partial charge is 0.396 e. The Morgan fingerprint density at radius 2 is 2.17 bits per heavy atom. The highest BCUT2D eigenvalue weighted by atomic mass is 16.2. The second-order valence-electron chi connectivity index (χ2n) is 3.35. The van der Waals surface area contributed by atoms with Gasteiger partial charge >= 0.3 is 0 Å². The van der Waals surface area contributed by atoms with E-state index in [1.54, 1.807) is 0 Å². The number of aliphatic hydroxyl groups excluding tert-OH is 1. The maximum absolute atomic E-state index is 8.66. The normalized spacial score (nSPS) is 14.4. The minimum absolute atomic E-state index is 0.311. The average molecular weight is 168 g/mol. The molecule has 0 aliphatic heterocycles. The lowest BCUT2D eigenvalue weighted by atomic mass is 10.0. The van der Waals surface area contributed by atoms with Crippen LogP contribution in [0.15, 0.2) is 24.3 Å². The van der Waals surface area contributed by atoms with Gasteiger partial charge in [-0.05, 0) is 32.1 Å². The summed E-state index contributed by atoms with van der Waals surface area (Å²) in [5, 5.41) is 8.66. The van der Waals surface area contributed by atoms with Gasteiger partial charge in [-0.2, -0.15) is 0 Å². The summed E-state index contributed by atoms with van der Waals surface area (Å²) in [5.74, 6) is 0.629. The SMILES string of the molecule is C=C/C(C)=C/CCC(C)CCO. The van der Waals surface area contributed by atoms with Crippen molar-refractivity contribution in [2.75, 3.05) is 6.61 Å². The molecule has 1 nitrogen and oxygen atoms in total. The molecule has 0 aromatic heterocycles. The van der Waals surface area contributed by atoms with E-state index in [9.17, 15) is 0 Å². The highest BCUT2D eigenvalue weighted by Crippen LogP contribution is 2.10. The van der Waals surface area contributed by atoms with Gasteiger partial charge in [-0.15, -0.1) is 0 Å². The first kappa shape index (κ1) is 11.4. The van der Waals surface area contributed by atoms with Gasteiger partial charge in [-0.25, -0.2) is 0 Å². The van der Waals surface area contributed by atoms with Crippen molar-refractivity contribution in [2.45, 2.75) is 33.1 Å². The summed E-state index contributed by atoms with van der Waals surface area (Å²) < 4.78 is 0. The molecule has 0 saturated carbocycles. The van der Waals surface area contributed by atoms with Gasteiger partial charge in [0, 0.05) is 6.61 Å². The van der Waals surface area contributed by atoms with Crippen molar-refractivity contribution >= 4 is 0 Å². The molecule has 0 radical (unpaired) electrons. The average Bonchev–Trinajstić information content (AvgIpc) is 2.04. The number of allylic oxidation sites excluding steroid dienone is 3. The fraction of sp³-hybridized carbons (Fsp3) is 0.636. The van der Waals surface area contributed by atoms with E-state index in [1.807, 2.05) is 6.08 Å². The molecule has 12 heavy (non-hydrogen) atoms. The number of rotatable bonds is 6. The molecule has 0 aromatic carbocycles. The van der Waals surface area contributed by atoms with Crippen LogP contribution in [0.2, 0.25) is 0 Å². The molecule has 0 spiro atoms. The lowest BCUT2D eigenvalue weighted by Crippen LogP contribution is -1.96. The van der Waals surface area contributed by atoms with Crippen molar-refractivity contribution in [1.29, 1.82) is 0 Å². The van der Waals surface area contributed by atoms with E-state index in [4.69, 9.17) is 5.11 Å². The number of aliphatic hydroxyl groups is 1. The van der Waals surface area contributed by atoms with Gasteiger partial charge < -0.3 is 5.11 Å². The van der Waals surface area contributed by atoms with Crippen LogP contribution in [0.4, 0.5) is 0 Å². The molecule has 0 aromatic rings. The van der Waals surface area contributed by atoms with Crippen LogP contribution in [0.25, 0.3) is 0 Å². The van der Waals surface area contributed by atoms with Gasteiger partial charge in [0.05, 0.1) is 0 Å². The van der Waals surface area contributed by atoms with Gasteiger partial charge in [0.25, 0.3) is 0 Å². The Kier molecular flexibility index (Phi) is 6.78. The first-order valence-corrected chi connectivity index (χ1v) is 4.60. The van der Waals surface area contributed by atoms with E-state index < -0.39 is 0 Å². The molecular formula is C11H20O. The third-order valence-corrected chi connectivity index (χ3v) is 2.07. The Balaban J connectivity index is 3.48. The van der Waals surface area contributed by atoms with E-state index in [1.165, 1.54) is 5.57 Å². The summed E-state index contributed by atoms with van der Waals surface area (Å²) in [6, 6.07) is 0. The minimum Gasteiger partial charge on any atom is -0.396 e. The predicted molar refractivity (Wildman–Crippen MR) is 54.1 cm³/mol. The van der Waals surface area contributed by atoms with Crippen molar-refractivity contribution in [3.05, 3.63) is 24.3 Å². The van der Waals surface area contributed by atoms with E-state index in [0.717, 1.165) is 19.3 Å². The summed E-state index contributed by atoms with van der Waals surface area (Å²) in [6.07, 6.45) is 7.24. The van der Waals surface area contributed by atoms with Crippen molar-refractivity contribution in [1.82, 2.24) is 0 Å². The van der Waals surface area contributed by atoms with Crippen molar-refractivity contribution in [3.8, 4) is 0 Å².